The van der Waals surface area contributed by atoms with Crippen molar-refractivity contribution < 1.29 is 18.0 Å². The molecule has 9 heteroatoms. The Bertz CT molecular complexity index is 1350. The molecule has 0 saturated heterocycles. The van der Waals surface area contributed by atoms with Gasteiger partial charge in [0.25, 0.3) is 10.0 Å². The first kappa shape index (κ1) is 30.2. The average Bonchev–Trinajstić information content (AvgIpc) is 2.92. The summed E-state index contributed by atoms with van der Waals surface area (Å²) in [6, 6.07) is 21.2. The Kier molecular flexibility index (Phi) is 10.5. The Morgan fingerprint density at radius 2 is 1.54 bits per heavy atom. The standard InChI is InChI=1S/C30H36ClN3O4S/c1-5-28(30(36)32-19-22(2)3)33(20-24-13-11-23(4)12-14-24)29(35)21-34(26-17-15-25(31)16-18-26)39(37,38)27-9-7-6-8-10-27/h6-18,22,28H,5,19-21H2,1-4H3,(H,32,36)/t28-/m0/s1. The lowest BCUT2D eigenvalue weighted by atomic mass is 10.1. The van der Waals surface area contributed by atoms with E-state index in [0.717, 1.165) is 15.4 Å². The van der Waals surface area contributed by atoms with E-state index in [-0.39, 0.29) is 23.3 Å². The number of anilines is 1. The number of nitrogens with one attached hydrogen (secondary N) is 1. The van der Waals surface area contributed by atoms with Crippen molar-refractivity contribution in [2.75, 3.05) is 17.4 Å². The first-order chi connectivity index (χ1) is 18.5. The minimum Gasteiger partial charge on any atom is -0.354 e. The van der Waals surface area contributed by atoms with E-state index in [4.69, 9.17) is 11.6 Å². The summed E-state index contributed by atoms with van der Waals surface area (Å²) in [6.07, 6.45) is 0.369. The van der Waals surface area contributed by atoms with Crippen molar-refractivity contribution in [1.29, 1.82) is 0 Å². The van der Waals surface area contributed by atoms with Crippen molar-refractivity contribution in [3.05, 3.63) is 95.0 Å². The maximum Gasteiger partial charge on any atom is 0.264 e. The van der Waals surface area contributed by atoms with Gasteiger partial charge in [-0.2, -0.15) is 0 Å². The molecule has 7 nitrogen and oxygen atoms in total. The molecular weight excluding hydrogens is 534 g/mol. The van der Waals surface area contributed by atoms with Gasteiger partial charge in [-0.15, -0.1) is 0 Å². The summed E-state index contributed by atoms with van der Waals surface area (Å²) in [5.74, 6) is -0.517. The second-order valence-electron chi connectivity index (χ2n) is 9.87. The highest BCUT2D eigenvalue weighted by Gasteiger charge is 2.33. The summed E-state index contributed by atoms with van der Waals surface area (Å²) in [5, 5.41) is 3.37. The molecule has 0 aromatic heterocycles. The van der Waals surface area contributed by atoms with Crippen molar-refractivity contribution in [3.8, 4) is 0 Å². The van der Waals surface area contributed by atoms with Crippen molar-refractivity contribution in [2.24, 2.45) is 5.92 Å². The summed E-state index contributed by atoms with van der Waals surface area (Å²) in [6.45, 7) is 7.95. The molecule has 1 N–H and O–H groups in total. The minimum absolute atomic E-state index is 0.0551. The Hall–Kier alpha value is -3.36. The largest absolute Gasteiger partial charge is 0.354 e. The fraction of sp³-hybridized carbons (Fsp3) is 0.333. The fourth-order valence-corrected chi connectivity index (χ4v) is 5.65. The topological polar surface area (TPSA) is 86.8 Å². The van der Waals surface area contributed by atoms with Crippen LogP contribution in [-0.4, -0.2) is 44.3 Å². The molecule has 0 bridgehead atoms. The number of nitrogens with zero attached hydrogens (tertiary/aromatic N) is 2. The van der Waals surface area contributed by atoms with Gasteiger partial charge in [0.2, 0.25) is 11.8 Å². The van der Waals surface area contributed by atoms with E-state index in [2.05, 4.69) is 5.32 Å². The van der Waals surface area contributed by atoms with E-state index in [1.165, 1.54) is 17.0 Å². The van der Waals surface area contributed by atoms with Gasteiger partial charge in [-0.3, -0.25) is 13.9 Å². The van der Waals surface area contributed by atoms with Crippen LogP contribution < -0.4 is 9.62 Å². The smallest absolute Gasteiger partial charge is 0.264 e. The Morgan fingerprint density at radius 1 is 0.923 bits per heavy atom. The first-order valence-corrected chi connectivity index (χ1v) is 14.8. The van der Waals surface area contributed by atoms with E-state index < -0.39 is 28.5 Å². The van der Waals surface area contributed by atoms with E-state index in [1.807, 2.05) is 52.0 Å². The number of sulfonamides is 1. The highest BCUT2D eigenvalue weighted by Crippen LogP contribution is 2.26. The lowest BCUT2D eigenvalue weighted by molar-refractivity contribution is -0.140. The van der Waals surface area contributed by atoms with Crippen LogP contribution in [0.15, 0.2) is 83.8 Å². The quantitative estimate of drug-likeness (QED) is 0.315. The molecule has 0 fully saturated rings. The second kappa shape index (κ2) is 13.6. The van der Waals surface area contributed by atoms with Crippen LogP contribution in [0.3, 0.4) is 0 Å². The van der Waals surface area contributed by atoms with Crippen LogP contribution in [0.1, 0.15) is 38.3 Å². The first-order valence-electron chi connectivity index (χ1n) is 13.0. The molecule has 2 amide bonds. The zero-order valence-electron chi connectivity index (χ0n) is 22.8. The minimum atomic E-state index is -4.11. The normalized spacial score (nSPS) is 12.2. The van der Waals surface area contributed by atoms with Gasteiger partial charge in [-0.05, 0) is 61.2 Å². The highest BCUT2D eigenvalue weighted by molar-refractivity contribution is 7.92. The van der Waals surface area contributed by atoms with Crippen molar-refractivity contribution in [2.45, 2.75) is 51.6 Å². The van der Waals surface area contributed by atoms with Crippen LogP contribution in [0.25, 0.3) is 0 Å². The number of amides is 2. The van der Waals surface area contributed by atoms with Crippen molar-refractivity contribution >= 4 is 39.1 Å². The molecular formula is C30H36ClN3O4S. The predicted molar refractivity (Wildman–Crippen MR) is 156 cm³/mol. The molecule has 0 spiro atoms. The summed E-state index contributed by atoms with van der Waals surface area (Å²) in [4.78, 5) is 28.8. The van der Waals surface area contributed by atoms with Gasteiger partial charge in [0.15, 0.2) is 0 Å². The number of benzene rings is 3. The van der Waals surface area contributed by atoms with E-state index in [1.54, 1.807) is 42.5 Å². The Balaban J connectivity index is 2.02. The van der Waals surface area contributed by atoms with Crippen molar-refractivity contribution in [3.63, 3.8) is 0 Å². The second-order valence-corrected chi connectivity index (χ2v) is 12.2. The molecule has 208 valence electrons. The number of hydrogen-bond donors (Lipinski definition) is 1. The van der Waals surface area contributed by atoms with Gasteiger partial charge in [0.1, 0.15) is 12.6 Å². The maximum absolute atomic E-state index is 14.0. The van der Waals surface area contributed by atoms with Crippen LogP contribution in [0.4, 0.5) is 5.69 Å². The van der Waals surface area contributed by atoms with Crippen LogP contribution >= 0.6 is 11.6 Å². The molecule has 3 aromatic carbocycles. The van der Waals surface area contributed by atoms with Gasteiger partial charge in [-0.1, -0.05) is 80.4 Å². The molecule has 3 rings (SSSR count). The van der Waals surface area contributed by atoms with E-state index >= 15 is 0 Å². The third-order valence-corrected chi connectivity index (χ3v) is 8.31. The summed E-state index contributed by atoms with van der Waals surface area (Å²) in [7, 11) is -4.11. The van der Waals surface area contributed by atoms with Gasteiger partial charge in [0.05, 0.1) is 10.6 Å². The predicted octanol–water partition coefficient (Wildman–Crippen LogP) is 5.42. The summed E-state index contributed by atoms with van der Waals surface area (Å²) in [5.41, 5.74) is 2.21. The molecule has 39 heavy (non-hydrogen) atoms. The molecule has 0 heterocycles. The molecule has 3 aromatic rings. The third kappa shape index (κ3) is 8.07. The molecule has 1 atom stereocenters. The number of aryl methyl sites for hydroxylation is 1. The summed E-state index contributed by atoms with van der Waals surface area (Å²) >= 11 is 6.06. The zero-order valence-corrected chi connectivity index (χ0v) is 24.4. The van der Waals surface area contributed by atoms with E-state index in [9.17, 15) is 18.0 Å². The van der Waals surface area contributed by atoms with Gasteiger partial charge >= 0.3 is 0 Å². The monoisotopic (exact) mass is 569 g/mol. The number of carbonyl (C=O) groups is 2. The average molecular weight is 570 g/mol. The Morgan fingerprint density at radius 3 is 2.10 bits per heavy atom. The van der Waals surface area contributed by atoms with Crippen LogP contribution in [-0.2, 0) is 26.2 Å². The fourth-order valence-electron chi connectivity index (χ4n) is 4.09. The molecule has 0 radical (unpaired) electrons. The highest BCUT2D eigenvalue weighted by atomic mass is 35.5. The van der Waals surface area contributed by atoms with Crippen LogP contribution in [0, 0.1) is 12.8 Å². The van der Waals surface area contributed by atoms with Gasteiger partial charge in [0, 0.05) is 18.1 Å². The van der Waals surface area contributed by atoms with Crippen LogP contribution in [0.2, 0.25) is 5.02 Å². The molecule has 0 aliphatic carbocycles. The SMILES string of the molecule is CC[C@@H](C(=O)NCC(C)C)N(Cc1ccc(C)cc1)C(=O)CN(c1ccc(Cl)cc1)S(=O)(=O)c1ccccc1. The zero-order chi connectivity index (χ0) is 28.6. The summed E-state index contributed by atoms with van der Waals surface area (Å²) < 4.78 is 28.6. The molecule has 0 unspecified atom stereocenters. The number of hydrogen-bond acceptors (Lipinski definition) is 4. The van der Waals surface area contributed by atoms with Gasteiger partial charge in [-0.25, -0.2) is 8.42 Å². The Labute approximate surface area is 236 Å². The maximum atomic E-state index is 14.0. The number of rotatable bonds is 12. The van der Waals surface area contributed by atoms with E-state index in [0.29, 0.717) is 23.7 Å². The molecule has 0 saturated carbocycles. The lowest BCUT2D eigenvalue weighted by Gasteiger charge is -2.33. The lowest BCUT2D eigenvalue weighted by Crippen LogP contribution is -2.52. The number of halogens is 1. The van der Waals surface area contributed by atoms with Crippen molar-refractivity contribution in [1.82, 2.24) is 10.2 Å². The molecule has 0 aliphatic rings. The van der Waals surface area contributed by atoms with Crippen LogP contribution in [0.5, 0.6) is 0 Å². The number of carbonyl (C=O) groups excluding carboxylic acids is 2. The van der Waals surface area contributed by atoms with Gasteiger partial charge < -0.3 is 10.2 Å². The molecule has 0 aliphatic heterocycles. The third-order valence-electron chi connectivity index (χ3n) is 6.27.